The average Bonchev–Trinajstić information content (AvgIpc) is 2.67. The third-order valence-corrected chi connectivity index (χ3v) is 4.59. The molecule has 0 bridgehead atoms. The molecule has 0 atom stereocenters. The van der Waals surface area contributed by atoms with Crippen molar-refractivity contribution in [1.29, 1.82) is 10.5 Å². The van der Waals surface area contributed by atoms with Crippen LogP contribution in [0.25, 0.3) is 0 Å². The van der Waals surface area contributed by atoms with Crippen LogP contribution in [0.15, 0.2) is 18.2 Å². The van der Waals surface area contributed by atoms with Crippen LogP contribution >= 0.6 is 34.8 Å². The third kappa shape index (κ3) is 4.04. The Morgan fingerprint density at radius 1 is 1.04 bits per heavy atom. The lowest BCUT2D eigenvalue weighted by molar-refractivity contribution is 0.0526. The molecule has 2 rings (SSSR count). The van der Waals surface area contributed by atoms with E-state index in [2.05, 4.69) is 0 Å². The Morgan fingerprint density at radius 2 is 1.67 bits per heavy atom. The number of methoxy groups -OCH3 is 1. The smallest absolute Gasteiger partial charge is 0.338 e. The van der Waals surface area contributed by atoms with Gasteiger partial charge >= 0.3 is 5.97 Å². The Morgan fingerprint density at radius 3 is 2.22 bits per heavy atom. The highest BCUT2D eigenvalue weighted by Gasteiger charge is 2.24. The number of nitriles is 2. The van der Waals surface area contributed by atoms with Crippen molar-refractivity contribution in [3.63, 3.8) is 0 Å². The number of esters is 1. The summed E-state index contributed by atoms with van der Waals surface area (Å²) < 4.78 is 15.9. The molecular formula is C18H11Cl3N2O4. The van der Waals surface area contributed by atoms with Gasteiger partial charge in [0.1, 0.15) is 22.2 Å². The van der Waals surface area contributed by atoms with Crippen LogP contribution in [0, 0.1) is 22.7 Å². The predicted molar refractivity (Wildman–Crippen MR) is 99.9 cm³/mol. The van der Waals surface area contributed by atoms with Crippen molar-refractivity contribution in [2.75, 3.05) is 13.7 Å². The summed E-state index contributed by atoms with van der Waals surface area (Å²) >= 11 is 18.4. The summed E-state index contributed by atoms with van der Waals surface area (Å²) in [5, 5.41) is 18.0. The van der Waals surface area contributed by atoms with Crippen molar-refractivity contribution < 1.29 is 19.0 Å². The van der Waals surface area contributed by atoms with Gasteiger partial charge in [0.25, 0.3) is 0 Å². The number of nitrogens with zero attached hydrogens (tertiary/aromatic N) is 2. The fourth-order valence-corrected chi connectivity index (χ4v) is 2.91. The summed E-state index contributed by atoms with van der Waals surface area (Å²) in [5.74, 6) is -0.265. The minimum Gasteiger partial charge on any atom is -0.493 e. The van der Waals surface area contributed by atoms with E-state index in [1.807, 2.05) is 0 Å². The largest absolute Gasteiger partial charge is 0.493 e. The highest BCUT2D eigenvalue weighted by molar-refractivity contribution is 6.46. The van der Waals surface area contributed by atoms with Crippen LogP contribution in [0.1, 0.15) is 28.4 Å². The Kier molecular flexibility index (Phi) is 6.76. The Hall–Kier alpha value is -2.64. The number of carbonyl (C=O) groups is 1. The summed E-state index contributed by atoms with van der Waals surface area (Å²) in [4.78, 5) is 11.8. The number of hydrogen-bond donors (Lipinski definition) is 0. The number of carbonyl (C=O) groups excluding carboxylic acids is 1. The molecule has 0 saturated heterocycles. The topological polar surface area (TPSA) is 92.3 Å². The minimum atomic E-state index is -0.522. The number of ether oxygens (including phenoxy) is 3. The van der Waals surface area contributed by atoms with Crippen molar-refractivity contribution >= 4 is 40.8 Å². The molecular weight excluding hydrogens is 415 g/mol. The van der Waals surface area contributed by atoms with Crippen LogP contribution < -0.4 is 9.47 Å². The molecule has 0 amide bonds. The van der Waals surface area contributed by atoms with Gasteiger partial charge in [0, 0.05) is 0 Å². The molecule has 0 aliphatic carbocycles. The summed E-state index contributed by atoms with van der Waals surface area (Å²) in [6, 6.07) is 7.94. The second-order valence-electron chi connectivity index (χ2n) is 4.93. The molecule has 9 heteroatoms. The third-order valence-electron chi connectivity index (χ3n) is 3.39. The zero-order chi connectivity index (χ0) is 20.1. The number of rotatable bonds is 5. The van der Waals surface area contributed by atoms with Crippen molar-refractivity contribution in [2.45, 2.75) is 6.92 Å². The van der Waals surface area contributed by atoms with E-state index in [4.69, 9.17) is 54.3 Å². The molecule has 2 aromatic carbocycles. The number of hydrogen-bond acceptors (Lipinski definition) is 6. The summed E-state index contributed by atoms with van der Waals surface area (Å²) in [6.45, 7) is 1.92. The van der Waals surface area contributed by atoms with E-state index in [1.54, 1.807) is 19.1 Å². The van der Waals surface area contributed by atoms with E-state index in [0.717, 1.165) is 0 Å². The van der Waals surface area contributed by atoms with Crippen LogP contribution in [0.3, 0.4) is 0 Å². The van der Waals surface area contributed by atoms with Gasteiger partial charge in [-0.25, -0.2) is 4.79 Å². The van der Waals surface area contributed by atoms with Gasteiger partial charge in [-0.1, -0.05) is 34.8 Å². The first-order valence-electron chi connectivity index (χ1n) is 7.43. The number of halogens is 3. The molecule has 0 aliphatic rings. The van der Waals surface area contributed by atoms with Gasteiger partial charge < -0.3 is 14.2 Å². The van der Waals surface area contributed by atoms with Crippen molar-refractivity contribution in [3.8, 4) is 29.4 Å². The SMILES string of the molecule is CCOC(=O)c1ccc(Oc2c(Cl)c(Cl)c(C#N)c(C#N)c2Cl)c(OC)c1. The monoisotopic (exact) mass is 424 g/mol. The van der Waals surface area contributed by atoms with E-state index in [1.165, 1.54) is 25.3 Å². The van der Waals surface area contributed by atoms with Crippen molar-refractivity contribution in [3.05, 3.63) is 50.0 Å². The molecule has 6 nitrogen and oxygen atoms in total. The molecule has 0 fully saturated rings. The molecule has 0 spiro atoms. The Labute approximate surface area is 170 Å². The van der Waals surface area contributed by atoms with Gasteiger partial charge in [0.15, 0.2) is 17.2 Å². The van der Waals surface area contributed by atoms with Crippen LogP contribution in [0.2, 0.25) is 15.1 Å². The molecule has 138 valence electrons. The molecule has 0 aromatic heterocycles. The molecule has 0 unspecified atom stereocenters. The van der Waals surface area contributed by atoms with Crippen molar-refractivity contribution in [1.82, 2.24) is 0 Å². The summed E-state index contributed by atoms with van der Waals surface area (Å²) in [7, 11) is 1.38. The van der Waals surface area contributed by atoms with Gasteiger partial charge in [0.2, 0.25) is 0 Å². The second kappa shape index (κ2) is 8.83. The van der Waals surface area contributed by atoms with E-state index in [0.29, 0.717) is 0 Å². The molecule has 0 saturated carbocycles. The summed E-state index contributed by atoms with van der Waals surface area (Å²) in [5.41, 5.74) is -0.0503. The zero-order valence-electron chi connectivity index (χ0n) is 14.1. The van der Waals surface area contributed by atoms with E-state index in [9.17, 15) is 10.1 Å². The molecule has 0 radical (unpaired) electrons. The first kappa shape index (κ1) is 20.7. The van der Waals surface area contributed by atoms with E-state index < -0.39 is 5.97 Å². The fraction of sp³-hybridized carbons (Fsp3) is 0.167. The van der Waals surface area contributed by atoms with E-state index in [-0.39, 0.29) is 55.6 Å². The molecule has 2 aromatic rings. The number of benzene rings is 2. The highest BCUT2D eigenvalue weighted by atomic mass is 35.5. The highest BCUT2D eigenvalue weighted by Crippen LogP contribution is 2.46. The Balaban J connectivity index is 2.55. The van der Waals surface area contributed by atoms with Gasteiger partial charge in [-0.15, -0.1) is 0 Å². The quantitative estimate of drug-likeness (QED) is 0.472. The lowest BCUT2D eigenvalue weighted by atomic mass is 10.1. The lowest BCUT2D eigenvalue weighted by Gasteiger charge is -2.15. The fourth-order valence-electron chi connectivity index (χ4n) is 2.14. The first-order valence-corrected chi connectivity index (χ1v) is 8.56. The van der Waals surface area contributed by atoms with Crippen LogP contribution in [0.5, 0.6) is 17.2 Å². The van der Waals surface area contributed by atoms with Gasteiger partial charge in [0.05, 0.1) is 35.4 Å². The van der Waals surface area contributed by atoms with Crippen molar-refractivity contribution in [2.24, 2.45) is 0 Å². The normalized spacial score (nSPS) is 9.89. The average molecular weight is 426 g/mol. The van der Waals surface area contributed by atoms with Gasteiger partial charge in [-0.2, -0.15) is 10.5 Å². The molecule has 0 N–H and O–H groups in total. The maximum absolute atomic E-state index is 11.8. The molecule has 0 heterocycles. The Bertz CT molecular complexity index is 994. The summed E-state index contributed by atoms with van der Waals surface area (Å²) in [6.07, 6.45) is 0. The minimum absolute atomic E-state index is 0.110. The molecule has 0 aliphatic heterocycles. The standard InChI is InChI=1S/C18H11Cl3N2O4/c1-3-26-18(24)9-4-5-12(13(6-9)25-2)27-17-15(20)11(8-23)10(7-22)14(19)16(17)21/h4-6H,3H2,1-2H3. The lowest BCUT2D eigenvalue weighted by Crippen LogP contribution is -2.05. The van der Waals surface area contributed by atoms with E-state index >= 15 is 0 Å². The first-order chi connectivity index (χ1) is 12.9. The van der Waals surface area contributed by atoms with Gasteiger partial charge in [-0.3, -0.25) is 0 Å². The second-order valence-corrected chi connectivity index (χ2v) is 6.07. The van der Waals surface area contributed by atoms with Crippen LogP contribution in [-0.2, 0) is 4.74 Å². The zero-order valence-corrected chi connectivity index (χ0v) is 16.4. The molecule has 27 heavy (non-hydrogen) atoms. The predicted octanol–water partition coefficient (Wildman–Crippen LogP) is 5.37. The van der Waals surface area contributed by atoms with Crippen LogP contribution in [0.4, 0.5) is 0 Å². The maximum Gasteiger partial charge on any atom is 0.338 e. The van der Waals surface area contributed by atoms with Gasteiger partial charge in [-0.05, 0) is 25.1 Å². The van der Waals surface area contributed by atoms with Crippen LogP contribution in [-0.4, -0.2) is 19.7 Å². The maximum atomic E-state index is 11.8.